The molecule has 1 aliphatic rings. The molecule has 18 heavy (non-hydrogen) atoms. The molecule has 8 heteroatoms. The van der Waals surface area contributed by atoms with E-state index in [1.54, 1.807) is 12.4 Å². The summed E-state index contributed by atoms with van der Waals surface area (Å²) < 4.78 is 28.1. The predicted molar refractivity (Wildman–Crippen MR) is 65.8 cm³/mol. The molecule has 0 amide bonds. The number of hydrogen-bond donors (Lipinski definition) is 3. The number of rotatable bonds is 5. The molecule has 1 aromatic heterocycles. The maximum Gasteiger partial charge on any atom is 0.280 e. The van der Waals surface area contributed by atoms with E-state index in [1.165, 1.54) is 4.31 Å². The van der Waals surface area contributed by atoms with Crippen LogP contribution in [0.15, 0.2) is 12.4 Å². The minimum absolute atomic E-state index is 0.132. The Morgan fingerprint density at radius 3 is 3.06 bits per heavy atom. The Labute approximate surface area is 106 Å². The van der Waals surface area contributed by atoms with Crippen LogP contribution >= 0.6 is 0 Å². The van der Waals surface area contributed by atoms with Crippen LogP contribution in [-0.4, -0.2) is 47.2 Å². The van der Waals surface area contributed by atoms with Gasteiger partial charge in [0.05, 0.1) is 12.8 Å². The topological polar surface area (TPSA) is 98.3 Å². The molecular weight excluding hydrogens is 256 g/mol. The highest BCUT2D eigenvalue weighted by atomic mass is 32.2. The van der Waals surface area contributed by atoms with Gasteiger partial charge >= 0.3 is 0 Å². The SMILES string of the molecule is O=S(=O)(NCc1cn[nH]c1)N1CCCCC1CO. The summed E-state index contributed by atoms with van der Waals surface area (Å²) in [6, 6.07) is -0.305. The van der Waals surface area contributed by atoms with E-state index < -0.39 is 10.2 Å². The fourth-order valence-corrected chi connectivity index (χ4v) is 3.55. The highest BCUT2D eigenvalue weighted by Crippen LogP contribution is 2.19. The number of aromatic amines is 1. The van der Waals surface area contributed by atoms with Crippen LogP contribution in [-0.2, 0) is 16.8 Å². The molecule has 1 atom stereocenters. The Bertz CT molecular complexity index is 459. The first-order chi connectivity index (χ1) is 8.63. The number of nitrogens with one attached hydrogen (secondary N) is 2. The van der Waals surface area contributed by atoms with Crippen molar-refractivity contribution in [3.8, 4) is 0 Å². The average Bonchev–Trinajstić information content (AvgIpc) is 2.89. The number of hydrogen-bond acceptors (Lipinski definition) is 4. The Hall–Kier alpha value is -0.960. The molecule has 0 aromatic carbocycles. The smallest absolute Gasteiger partial charge is 0.280 e. The van der Waals surface area contributed by atoms with Gasteiger partial charge in [0.25, 0.3) is 10.2 Å². The molecule has 2 heterocycles. The molecule has 1 aromatic rings. The summed E-state index contributed by atoms with van der Waals surface area (Å²) in [5.74, 6) is 0. The van der Waals surface area contributed by atoms with Gasteiger partial charge in [-0.2, -0.15) is 22.5 Å². The Kier molecular flexibility index (Phi) is 4.33. The quantitative estimate of drug-likeness (QED) is 0.680. The third kappa shape index (κ3) is 3.08. The van der Waals surface area contributed by atoms with Crippen molar-refractivity contribution in [1.82, 2.24) is 19.2 Å². The summed E-state index contributed by atoms with van der Waals surface area (Å²) in [7, 11) is -3.54. The maximum atomic E-state index is 12.1. The summed E-state index contributed by atoms with van der Waals surface area (Å²) in [6.45, 7) is 0.534. The molecule has 1 unspecified atom stereocenters. The lowest BCUT2D eigenvalue weighted by Crippen LogP contribution is -2.50. The molecule has 0 aliphatic carbocycles. The molecule has 7 nitrogen and oxygen atoms in total. The summed E-state index contributed by atoms with van der Waals surface area (Å²) in [6.07, 6.45) is 5.72. The lowest BCUT2D eigenvalue weighted by Gasteiger charge is -2.33. The second-order valence-corrected chi connectivity index (χ2v) is 6.08. The fraction of sp³-hybridized carbons (Fsp3) is 0.700. The van der Waals surface area contributed by atoms with Gasteiger partial charge in [0, 0.05) is 30.9 Å². The normalized spacial score (nSPS) is 22.2. The first-order valence-corrected chi connectivity index (χ1v) is 7.42. The number of aliphatic hydroxyl groups excluding tert-OH is 1. The van der Waals surface area contributed by atoms with E-state index in [0.29, 0.717) is 13.0 Å². The molecule has 3 N–H and O–H groups in total. The molecule has 1 fully saturated rings. The second-order valence-electron chi connectivity index (χ2n) is 4.38. The zero-order valence-corrected chi connectivity index (χ0v) is 10.9. The predicted octanol–water partition coefficient (Wildman–Crippen LogP) is -0.409. The Morgan fingerprint density at radius 2 is 2.39 bits per heavy atom. The number of nitrogens with zero attached hydrogens (tertiary/aromatic N) is 2. The Morgan fingerprint density at radius 1 is 1.56 bits per heavy atom. The molecule has 2 rings (SSSR count). The zero-order chi connectivity index (χ0) is 13.0. The van der Waals surface area contributed by atoms with Crippen LogP contribution in [0.1, 0.15) is 24.8 Å². The van der Waals surface area contributed by atoms with Gasteiger partial charge in [-0.1, -0.05) is 6.42 Å². The highest BCUT2D eigenvalue weighted by Gasteiger charge is 2.31. The molecule has 102 valence electrons. The van der Waals surface area contributed by atoms with E-state index in [1.807, 2.05) is 0 Å². The van der Waals surface area contributed by atoms with E-state index in [2.05, 4.69) is 14.9 Å². The molecule has 1 aliphatic heterocycles. The third-order valence-electron chi connectivity index (χ3n) is 3.11. The summed E-state index contributed by atoms with van der Waals surface area (Å²) >= 11 is 0. The lowest BCUT2D eigenvalue weighted by molar-refractivity contribution is 0.154. The zero-order valence-electron chi connectivity index (χ0n) is 10.0. The van der Waals surface area contributed by atoms with Crippen LogP contribution in [0.5, 0.6) is 0 Å². The number of H-pyrrole nitrogens is 1. The van der Waals surface area contributed by atoms with Crippen LogP contribution in [0.4, 0.5) is 0 Å². The van der Waals surface area contributed by atoms with Gasteiger partial charge in [-0.05, 0) is 12.8 Å². The van der Waals surface area contributed by atoms with Gasteiger partial charge < -0.3 is 5.11 Å². The molecular formula is C10H18N4O3S. The second kappa shape index (κ2) is 5.79. The maximum absolute atomic E-state index is 12.1. The molecule has 0 saturated carbocycles. The van der Waals surface area contributed by atoms with Crippen LogP contribution in [0.25, 0.3) is 0 Å². The number of piperidine rings is 1. The van der Waals surface area contributed by atoms with Crippen molar-refractivity contribution in [2.45, 2.75) is 31.8 Å². The Balaban J connectivity index is 2.00. The summed E-state index contributed by atoms with van der Waals surface area (Å²) in [5, 5.41) is 15.6. The summed E-state index contributed by atoms with van der Waals surface area (Å²) in [5.41, 5.74) is 0.774. The first kappa shape index (κ1) is 13.5. The average molecular weight is 274 g/mol. The van der Waals surface area contributed by atoms with Crippen molar-refractivity contribution >= 4 is 10.2 Å². The van der Waals surface area contributed by atoms with Gasteiger partial charge in [0.1, 0.15) is 0 Å². The minimum Gasteiger partial charge on any atom is -0.395 e. The largest absolute Gasteiger partial charge is 0.395 e. The van der Waals surface area contributed by atoms with Crippen molar-refractivity contribution in [2.24, 2.45) is 0 Å². The highest BCUT2D eigenvalue weighted by molar-refractivity contribution is 7.87. The van der Waals surface area contributed by atoms with Crippen molar-refractivity contribution in [1.29, 1.82) is 0 Å². The molecule has 1 saturated heterocycles. The van der Waals surface area contributed by atoms with Gasteiger partial charge in [0.15, 0.2) is 0 Å². The van der Waals surface area contributed by atoms with E-state index in [9.17, 15) is 13.5 Å². The first-order valence-electron chi connectivity index (χ1n) is 5.98. The number of aromatic nitrogens is 2. The van der Waals surface area contributed by atoms with Crippen LogP contribution in [0, 0.1) is 0 Å². The van der Waals surface area contributed by atoms with Crippen molar-refractivity contribution in [2.75, 3.05) is 13.2 Å². The fourth-order valence-electron chi connectivity index (χ4n) is 2.10. The van der Waals surface area contributed by atoms with E-state index in [4.69, 9.17) is 0 Å². The lowest BCUT2D eigenvalue weighted by atomic mass is 10.1. The monoisotopic (exact) mass is 274 g/mol. The third-order valence-corrected chi connectivity index (χ3v) is 4.71. The van der Waals surface area contributed by atoms with Gasteiger partial charge in [-0.25, -0.2) is 0 Å². The standard InChI is InChI=1S/C10H18N4O3S/c15-8-10-3-1-2-4-14(10)18(16,17)13-7-9-5-11-12-6-9/h5-6,10,13,15H,1-4,7-8H2,(H,11,12). The van der Waals surface area contributed by atoms with Gasteiger partial charge in [-0.15, -0.1) is 0 Å². The van der Waals surface area contributed by atoms with Crippen LogP contribution in [0.2, 0.25) is 0 Å². The van der Waals surface area contributed by atoms with Crippen molar-refractivity contribution in [3.63, 3.8) is 0 Å². The molecule has 0 spiro atoms. The van der Waals surface area contributed by atoms with Crippen molar-refractivity contribution in [3.05, 3.63) is 18.0 Å². The minimum atomic E-state index is -3.54. The number of aliphatic hydroxyl groups is 1. The molecule has 0 bridgehead atoms. The van der Waals surface area contributed by atoms with E-state index >= 15 is 0 Å². The van der Waals surface area contributed by atoms with Crippen LogP contribution < -0.4 is 4.72 Å². The molecule has 0 radical (unpaired) electrons. The van der Waals surface area contributed by atoms with E-state index in [0.717, 1.165) is 18.4 Å². The van der Waals surface area contributed by atoms with Crippen molar-refractivity contribution < 1.29 is 13.5 Å². The van der Waals surface area contributed by atoms with Gasteiger partial charge in [0.2, 0.25) is 0 Å². The van der Waals surface area contributed by atoms with Gasteiger partial charge in [-0.3, -0.25) is 5.10 Å². The van der Waals surface area contributed by atoms with E-state index in [-0.39, 0.29) is 19.2 Å². The summed E-state index contributed by atoms with van der Waals surface area (Å²) in [4.78, 5) is 0. The van der Waals surface area contributed by atoms with Crippen LogP contribution in [0.3, 0.4) is 0 Å².